The number of aliphatic hydroxyl groups excluding tert-OH is 1. The van der Waals surface area contributed by atoms with Crippen molar-refractivity contribution in [3.8, 4) is 0 Å². The second-order valence-electron chi connectivity index (χ2n) is 5.25. The number of carboxylic acid groups (broad SMARTS) is 2. The summed E-state index contributed by atoms with van der Waals surface area (Å²) in [5, 5.41) is 34.0. The van der Waals surface area contributed by atoms with E-state index >= 15 is 0 Å². The van der Waals surface area contributed by atoms with Crippen molar-refractivity contribution in [3.05, 3.63) is 24.3 Å². The van der Waals surface area contributed by atoms with E-state index in [2.05, 4.69) is 13.2 Å². The first-order valence-electron chi connectivity index (χ1n) is 6.42. The molecule has 21 heavy (non-hydrogen) atoms. The van der Waals surface area contributed by atoms with Gasteiger partial charge in [0.15, 0.2) is 0 Å². The lowest BCUT2D eigenvalue weighted by molar-refractivity contribution is -0.133. The summed E-state index contributed by atoms with van der Waals surface area (Å²) in [5.41, 5.74) is -0.375. The number of carboxylic acids is 2. The van der Waals surface area contributed by atoms with Gasteiger partial charge in [-0.05, 0) is 34.1 Å². The molecule has 0 saturated heterocycles. The number of carbonyl (C=O) groups is 2. The van der Waals surface area contributed by atoms with E-state index < -0.39 is 17.5 Å². The highest BCUT2D eigenvalue weighted by molar-refractivity contribution is 5.85. The summed E-state index contributed by atoms with van der Waals surface area (Å²) in [6, 6.07) is 0. The Balaban J connectivity index is -0.000000240. The largest absolute Gasteiger partial charge is 0.478 e. The standard InChI is InChI=1S/C7H16O2.2C4H6O2/c1-4-6(8)5-7(2,3)9;2*1-3(2)4(5)6/h6,8-9H,4-5H2,1-3H3;2*1H2,2H3,(H,5,6). The van der Waals surface area contributed by atoms with Gasteiger partial charge in [0.25, 0.3) is 0 Å². The molecule has 0 aromatic heterocycles. The fourth-order valence-electron chi connectivity index (χ4n) is 0.721. The van der Waals surface area contributed by atoms with Gasteiger partial charge in [-0.15, -0.1) is 0 Å². The molecule has 0 bridgehead atoms. The summed E-state index contributed by atoms with van der Waals surface area (Å²) in [4.78, 5) is 19.2. The zero-order valence-electron chi connectivity index (χ0n) is 13.5. The van der Waals surface area contributed by atoms with Crippen LogP contribution >= 0.6 is 0 Å². The van der Waals surface area contributed by atoms with Crippen LogP contribution in [0.15, 0.2) is 24.3 Å². The normalized spacial score (nSPS) is 11.0. The fourth-order valence-corrected chi connectivity index (χ4v) is 0.721. The van der Waals surface area contributed by atoms with Crippen LogP contribution in [0.3, 0.4) is 0 Å². The molecule has 0 aliphatic heterocycles. The van der Waals surface area contributed by atoms with Crippen LogP contribution in [0.25, 0.3) is 0 Å². The maximum atomic E-state index is 9.60. The van der Waals surface area contributed by atoms with Crippen molar-refractivity contribution in [1.29, 1.82) is 0 Å². The van der Waals surface area contributed by atoms with Crippen LogP contribution in [-0.2, 0) is 9.59 Å². The van der Waals surface area contributed by atoms with Crippen molar-refractivity contribution in [2.45, 2.75) is 59.2 Å². The summed E-state index contributed by atoms with van der Waals surface area (Å²) < 4.78 is 0. The highest BCUT2D eigenvalue weighted by Crippen LogP contribution is 2.11. The van der Waals surface area contributed by atoms with E-state index in [1.807, 2.05) is 6.92 Å². The summed E-state index contributed by atoms with van der Waals surface area (Å²) in [6.45, 7) is 14.5. The summed E-state index contributed by atoms with van der Waals surface area (Å²) in [7, 11) is 0. The Morgan fingerprint density at radius 2 is 1.29 bits per heavy atom. The Bertz CT molecular complexity index is 304. The molecule has 0 fully saturated rings. The van der Waals surface area contributed by atoms with Gasteiger partial charge in [-0.1, -0.05) is 20.1 Å². The molecule has 4 N–H and O–H groups in total. The molecule has 0 aliphatic rings. The monoisotopic (exact) mass is 304 g/mol. The molecule has 0 spiro atoms. The second kappa shape index (κ2) is 12.1. The van der Waals surface area contributed by atoms with Crippen LogP contribution in [0.5, 0.6) is 0 Å². The van der Waals surface area contributed by atoms with Gasteiger partial charge in [0.1, 0.15) is 0 Å². The molecule has 0 rings (SSSR count). The van der Waals surface area contributed by atoms with Crippen LogP contribution in [0.2, 0.25) is 0 Å². The lowest BCUT2D eigenvalue weighted by Gasteiger charge is -2.19. The maximum Gasteiger partial charge on any atom is 0.330 e. The van der Waals surface area contributed by atoms with Crippen molar-refractivity contribution in [2.75, 3.05) is 0 Å². The highest BCUT2D eigenvalue weighted by Gasteiger charge is 2.16. The number of hydrogen-bond acceptors (Lipinski definition) is 4. The van der Waals surface area contributed by atoms with Gasteiger partial charge in [-0.25, -0.2) is 9.59 Å². The molecular formula is C15H28O6. The van der Waals surface area contributed by atoms with E-state index in [9.17, 15) is 9.59 Å². The van der Waals surface area contributed by atoms with E-state index in [1.54, 1.807) is 13.8 Å². The van der Waals surface area contributed by atoms with Crippen molar-refractivity contribution in [2.24, 2.45) is 0 Å². The predicted molar refractivity (Wildman–Crippen MR) is 82.1 cm³/mol. The van der Waals surface area contributed by atoms with E-state index in [-0.39, 0.29) is 17.3 Å². The van der Waals surface area contributed by atoms with E-state index in [0.29, 0.717) is 12.8 Å². The fraction of sp³-hybridized carbons (Fsp3) is 0.600. The lowest BCUT2D eigenvalue weighted by Crippen LogP contribution is -2.25. The maximum absolute atomic E-state index is 9.60. The molecule has 0 aromatic carbocycles. The van der Waals surface area contributed by atoms with Crippen LogP contribution in [0.4, 0.5) is 0 Å². The first kappa shape index (κ1) is 24.4. The average Bonchev–Trinajstić information content (AvgIpc) is 2.27. The molecule has 0 aromatic rings. The van der Waals surface area contributed by atoms with Crippen LogP contribution in [0.1, 0.15) is 47.5 Å². The Kier molecular flexibility index (Phi) is 14.0. The van der Waals surface area contributed by atoms with Gasteiger partial charge in [0, 0.05) is 17.6 Å². The zero-order chi connectivity index (χ0) is 17.8. The quantitative estimate of drug-likeness (QED) is 0.579. The van der Waals surface area contributed by atoms with Gasteiger partial charge in [0.05, 0.1) is 11.7 Å². The zero-order valence-corrected chi connectivity index (χ0v) is 13.5. The van der Waals surface area contributed by atoms with Crippen molar-refractivity contribution in [3.63, 3.8) is 0 Å². The average molecular weight is 304 g/mol. The SMILES string of the molecule is C=C(C)C(=O)O.C=C(C)C(=O)O.CCC(O)CC(C)(C)O. The van der Waals surface area contributed by atoms with E-state index in [1.165, 1.54) is 13.8 Å². The second-order valence-corrected chi connectivity index (χ2v) is 5.25. The molecule has 6 heteroatoms. The highest BCUT2D eigenvalue weighted by atomic mass is 16.4. The molecule has 6 nitrogen and oxygen atoms in total. The minimum Gasteiger partial charge on any atom is -0.478 e. The predicted octanol–water partition coefficient (Wildman–Crippen LogP) is 2.21. The van der Waals surface area contributed by atoms with Gasteiger partial charge in [0.2, 0.25) is 0 Å². The first-order valence-corrected chi connectivity index (χ1v) is 6.42. The molecular weight excluding hydrogens is 276 g/mol. The molecule has 1 unspecified atom stereocenters. The van der Waals surface area contributed by atoms with E-state index in [4.69, 9.17) is 20.4 Å². The lowest BCUT2D eigenvalue weighted by atomic mass is 10.00. The van der Waals surface area contributed by atoms with Crippen molar-refractivity contribution >= 4 is 11.9 Å². The minimum atomic E-state index is -0.935. The van der Waals surface area contributed by atoms with Gasteiger partial charge >= 0.3 is 11.9 Å². The Morgan fingerprint density at radius 3 is 1.33 bits per heavy atom. The molecule has 0 heterocycles. The number of aliphatic hydroxyl groups is 2. The minimum absolute atomic E-state index is 0.176. The number of aliphatic carboxylic acids is 2. The third-order valence-electron chi connectivity index (χ3n) is 1.94. The Labute approximate surface area is 126 Å². The Hall–Kier alpha value is -1.66. The topological polar surface area (TPSA) is 115 Å². The third kappa shape index (κ3) is 27.5. The van der Waals surface area contributed by atoms with E-state index in [0.717, 1.165) is 0 Å². The smallest absolute Gasteiger partial charge is 0.330 e. The summed E-state index contributed by atoms with van der Waals surface area (Å²) in [6.07, 6.45) is 0.818. The number of rotatable bonds is 5. The van der Waals surface area contributed by atoms with Crippen LogP contribution in [0, 0.1) is 0 Å². The summed E-state index contributed by atoms with van der Waals surface area (Å²) >= 11 is 0. The summed E-state index contributed by atoms with van der Waals surface area (Å²) in [5.74, 6) is -1.87. The van der Waals surface area contributed by atoms with Crippen LogP contribution < -0.4 is 0 Å². The molecule has 0 saturated carbocycles. The van der Waals surface area contributed by atoms with Crippen LogP contribution in [-0.4, -0.2) is 44.1 Å². The molecule has 124 valence electrons. The molecule has 0 amide bonds. The van der Waals surface area contributed by atoms with Gasteiger partial charge in [-0.3, -0.25) is 0 Å². The van der Waals surface area contributed by atoms with Gasteiger partial charge in [-0.2, -0.15) is 0 Å². The van der Waals surface area contributed by atoms with Crippen molar-refractivity contribution in [1.82, 2.24) is 0 Å². The molecule has 1 atom stereocenters. The molecule has 0 aliphatic carbocycles. The van der Waals surface area contributed by atoms with Gasteiger partial charge < -0.3 is 20.4 Å². The Morgan fingerprint density at radius 1 is 1.05 bits per heavy atom. The molecule has 0 radical (unpaired) electrons. The first-order chi connectivity index (χ1) is 9.24. The number of hydrogen-bond donors (Lipinski definition) is 4. The third-order valence-corrected chi connectivity index (χ3v) is 1.94. The van der Waals surface area contributed by atoms with Crippen molar-refractivity contribution < 1.29 is 30.0 Å².